The van der Waals surface area contributed by atoms with Crippen molar-refractivity contribution in [2.24, 2.45) is 11.8 Å². The molecule has 1 fully saturated rings. The van der Waals surface area contributed by atoms with Gasteiger partial charge in [-0.25, -0.2) is 0 Å². The quantitative estimate of drug-likeness (QED) is 0.678. The average Bonchev–Trinajstić information content (AvgIpc) is 2.37. The smallest absolute Gasteiger partial charge is 0.0232 e. The van der Waals surface area contributed by atoms with Crippen molar-refractivity contribution in [3.05, 3.63) is 0 Å². The monoisotopic (exact) mass is 283 g/mol. The molecule has 20 heavy (non-hydrogen) atoms. The van der Waals surface area contributed by atoms with Crippen LogP contribution >= 0.6 is 0 Å². The fourth-order valence-electron chi connectivity index (χ4n) is 3.12. The molecule has 1 aliphatic heterocycles. The van der Waals surface area contributed by atoms with Crippen LogP contribution in [0.25, 0.3) is 0 Å². The molecule has 0 amide bonds. The molecule has 0 aromatic heterocycles. The van der Waals surface area contributed by atoms with Crippen molar-refractivity contribution in [1.82, 2.24) is 14.7 Å². The molecule has 0 aliphatic carbocycles. The molecule has 3 heteroatoms. The third-order valence-corrected chi connectivity index (χ3v) is 4.68. The molecule has 120 valence electrons. The summed E-state index contributed by atoms with van der Waals surface area (Å²) in [5.41, 5.74) is 0. The number of hydrogen-bond acceptors (Lipinski definition) is 3. The Balaban J connectivity index is 2.19. The van der Waals surface area contributed by atoms with E-state index in [-0.39, 0.29) is 0 Å². The largest absolute Gasteiger partial charge is 0.306 e. The second-order valence-electron chi connectivity index (χ2n) is 7.52. The Bertz CT molecular complexity index is 255. The van der Waals surface area contributed by atoms with E-state index in [0.29, 0.717) is 0 Å². The van der Waals surface area contributed by atoms with Gasteiger partial charge in [-0.1, -0.05) is 27.2 Å². The van der Waals surface area contributed by atoms with Crippen LogP contribution in [0.4, 0.5) is 0 Å². The number of hydrogen-bond donors (Lipinski definition) is 0. The highest BCUT2D eigenvalue weighted by atomic mass is 15.3. The number of piperazine rings is 1. The van der Waals surface area contributed by atoms with Gasteiger partial charge in [0.15, 0.2) is 0 Å². The summed E-state index contributed by atoms with van der Waals surface area (Å²) < 4.78 is 0. The second-order valence-corrected chi connectivity index (χ2v) is 7.52. The van der Waals surface area contributed by atoms with E-state index in [1.807, 2.05) is 0 Å². The van der Waals surface area contributed by atoms with Crippen LogP contribution in [0.5, 0.6) is 0 Å². The number of likely N-dealkylation sites (N-methyl/N-ethyl adjacent to an activating group) is 2. The van der Waals surface area contributed by atoms with Crippen LogP contribution in [0.1, 0.15) is 40.0 Å². The van der Waals surface area contributed by atoms with E-state index in [0.717, 1.165) is 17.9 Å². The van der Waals surface area contributed by atoms with E-state index in [2.05, 4.69) is 56.6 Å². The van der Waals surface area contributed by atoms with E-state index < -0.39 is 0 Å². The molecule has 0 bridgehead atoms. The molecule has 1 saturated heterocycles. The topological polar surface area (TPSA) is 9.72 Å². The van der Waals surface area contributed by atoms with Crippen molar-refractivity contribution < 1.29 is 0 Å². The van der Waals surface area contributed by atoms with Gasteiger partial charge in [0.25, 0.3) is 0 Å². The Labute approximate surface area is 127 Å². The molecule has 1 heterocycles. The van der Waals surface area contributed by atoms with Crippen LogP contribution in [-0.2, 0) is 0 Å². The average molecular weight is 284 g/mol. The van der Waals surface area contributed by atoms with Gasteiger partial charge in [0, 0.05) is 32.2 Å². The summed E-state index contributed by atoms with van der Waals surface area (Å²) in [4.78, 5) is 7.54. The number of nitrogens with zero attached hydrogens (tertiary/aromatic N) is 3. The molecule has 0 aromatic rings. The minimum atomic E-state index is 0.738. The van der Waals surface area contributed by atoms with Gasteiger partial charge < -0.3 is 14.7 Å². The van der Waals surface area contributed by atoms with Crippen LogP contribution in [0.2, 0.25) is 0 Å². The Morgan fingerprint density at radius 3 is 2.45 bits per heavy atom. The zero-order valence-corrected chi connectivity index (χ0v) is 14.7. The minimum Gasteiger partial charge on any atom is -0.306 e. The fraction of sp³-hybridized carbons (Fsp3) is 1.00. The molecule has 0 radical (unpaired) electrons. The van der Waals surface area contributed by atoms with E-state index >= 15 is 0 Å². The lowest BCUT2D eigenvalue weighted by atomic mass is 9.99. The van der Waals surface area contributed by atoms with Gasteiger partial charge in [-0.3, -0.25) is 0 Å². The minimum absolute atomic E-state index is 0.738. The second kappa shape index (κ2) is 9.01. The lowest BCUT2D eigenvalue weighted by Crippen LogP contribution is -2.50. The molecule has 0 spiro atoms. The maximum atomic E-state index is 2.54. The van der Waals surface area contributed by atoms with Crippen LogP contribution in [0.3, 0.4) is 0 Å². The first-order valence-corrected chi connectivity index (χ1v) is 8.45. The van der Waals surface area contributed by atoms with Crippen LogP contribution in [-0.4, -0.2) is 74.6 Å². The summed E-state index contributed by atoms with van der Waals surface area (Å²) >= 11 is 0. The predicted molar refractivity (Wildman–Crippen MR) is 89.3 cm³/mol. The lowest BCUT2D eigenvalue weighted by Gasteiger charge is -2.38. The Kier molecular flexibility index (Phi) is 8.08. The maximum Gasteiger partial charge on any atom is 0.0232 e. The first kappa shape index (κ1) is 17.9. The van der Waals surface area contributed by atoms with E-state index in [1.54, 1.807) is 0 Å². The molecule has 0 saturated carbocycles. The molecular formula is C17H37N3. The van der Waals surface area contributed by atoms with Crippen molar-refractivity contribution in [2.45, 2.75) is 46.1 Å². The third-order valence-electron chi connectivity index (χ3n) is 4.68. The van der Waals surface area contributed by atoms with Gasteiger partial charge in [-0.05, 0) is 52.4 Å². The summed E-state index contributed by atoms with van der Waals surface area (Å²) in [6.45, 7) is 13.2. The molecule has 2 unspecified atom stereocenters. The molecule has 1 rings (SSSR count). The van der Waals surface area contributed by atoms with Crippen molar-refractivity contribution in [1.29, 1.82) is 0 Å². The SMILES string of the molecule is CC(C)CCC(C)CN(C)CCC1CN(C)CCN1C. The van der Waals surface area contributed by atoms with Crippen LogP contribution in [0.15, 0.2) is 0 Å². The van der Waals surface area contributed by atoms with E-state index in [4.69, 9.17) is 0 Å². The first-order valence-electron chi connectivity index (χ1n) is 8.45. The van der Waals surface area contributed by atoms with Gasteiger partial charge in [-0.2, -0.15) is 0 Å². The van der Waals surface area contributed by atoms with Crippen molar-refractivity contribution in [3.8, 4) is 0 Å². The van der Waals surface area contributed by atoms with Crippen molar-refractivity contribution in [2.75, 3.05) is 53.9 Å². The van der Waals surface area contributed by atoms with Gasteiger partial charge in [0.1, 0.15) is 0 Å². The van der Waals surface area contributed by atoms with Gasteiger partial charge >= 0.3 is 0 Å². The van der Waals surface area contributed by atoms with Crippen molar-refractivity contribution >= 4 is 0 Å². The Morgan fingerprint density at radius 2 is 1.80 bits per heavy atom. The van der Waals surface area contributed by atoms with Gasteiger partial charge in [0.2, 0.25) is 0 Å². The highest BCUT2D eigenvalue weighted by molar-refractivity contribution is 4.79. The molecule has 0 N–H and O–H groups in total. The van der Waals surface area contributed by atoms with Gasteiger partial charge in [0.05, 0.1) is 0 Å². The highest BCUT2D eigenvalue weighted by Crippen LogP contribution is 2.14. The molecular weight excluding hydrogens is 246 g/mol. The van der Waals surface area contributed by atoms with E-state index in [1.165, 1.54) is 52.0 Å². The first-order chi connectivity index (χ1) is 9.38. The Morgan fingerprint density at radius 1 is 1.10 bits per heavy atom. The number of rotatable bonds is 8. The third kappa shape index (κ3) is 7.05. The summed E-state index contributed by atoms with van der Waals surface area (Å²) in [6.07, 6.45) is 4.04. The zero-order valence-electron chi connectivity index (χ0n) is 14.7. The molecule has 2 atom stereocenters. The van der Waals surface area contributed by atoms with Crippen molar-refractivity contribution in [3.63, 3.8) is 0 Å². The summed E-state index contributed by atoms with van der Waals surface area (Å²) in [5, 5.41) is 0. The lowest BCUT2D eigenvalue weighted by molar-refractivity contribution is 0.0996. The fourth-order valence-corrected chi connectivity index (χ4v) is 3.12. The van der Waals surface area contributed by atoms with Crippen LogP contribution < -0.4 is 0 Å². The maximum absolute atomic E-state index is 2.54. The molecule has 0 aromatic carbocycles. The van der Waals surface area contributed by atoms with E-state index in [9.17, 15) is 0 Å². The molecule has 3 nitrogen and oxygen atoms in total. The standard InChI is InChI=1S/C17H37N3/c1-15(2)7-8-16(3)13-18(4)10-9-17-14-19(5)11-12-20(17)6/h15-17H,7-14H2,1-6H3. The summed E-state index contributed by atoms with van der Waals surface area (Å²) in [5.74, 6) is 1.67. The van der Waals surface area contributed by atoms with Gasteiger partial charge in [-0.15, -0.1) is 0 Å². The zero-order chi connectivity index (χ0) is 15.1. The molecule has 1 aliphatic rings. The summed E-state index contributed by atoms with van der Waals surface area (Å²) in [7, 11) is 6.82. The Hall–Kier alpha value is -0.120. The predicted octanol–water partition coefficient (Wildman–Crippen LogP) is 2.63. The summed E-state index contributed by atoms with van der Waals surface area (Å²) in [6, 6.07) is 0.738. The normalized spacial score (nSPS) is 23.7. The van der Waals surface area contributed by atoms with Crippen LogP contribution in [0, 0.1) is 11.8 Å². The highest BCUT2D eigenvalue weighted by Gasteiger charge is 2.22.